The van der Waals surface area contributed by atoms with Gasteiger partial charge in [0, 0.05) is 46.0 Å². The van der Waals surface area contributed by atoms with Gasteiger partial charge in [-0.25, -0.2) is 13.5 Å². The monoisotopic (exact) mass is 713 g/mol. The number of halogens is 4. The number of nitrogens with zero attached hydrogens (tertiary/aromatic N) is 5. The lowest BCUT2D eigenvalue weighted by Gasteiger charge is -2.38. The van der Waals surface area contributed by atoms with E-state index in [1.807, 2.05) is 0 Å². The van der Waals surface area contributed by atoms with Crippen LogP contribution < -0.4 is 20.3 Å². The molecule has 2 heterocycles. The van der Waals surface area contributed by atoms with E-state index in [4.69, 9.17) is 11.6 Å². The third-order valence-corrected chi connectivity index (χ3v) is 8.13. The second kappa shape index (κ2) is 14.6. The quantitative estimate of drug-likeness (QED) is 0.218. The van der Waals surface area contributed by atoms with Crippen LogP contribution >= 0.6 is 11.6 Å². The highest BCUT2D eigenvalue weighted by Gasteiger charge is 2.32. The van der Waals surface area contributed by atoms with Crippen LogP contribution in [-0.2, 0) is 21.0 Å². The van der Waals surface area contributed by atoms with Crippen LogP contribution in [0.3, 0.4) is 0 Å². The Kier molecular flexibility index (Phi) is 11.0. The summed E-state index contributed by atoms with van der Waals surface area (Å²) in [7, 11) is -0.157. The minimum Gasteiger partial charge on any atom is -0.378 e. The summed E-state index contributed by atoms with van der Waals surface area (Å²) >= 11 is 5.98. The molecular weight excluding hydrogens is 679 g/mol. The second-order valence-electron chi connectivity index (χ2n) is 11.0. The van der Waals surface area contributed by atoms with Crippen LogP contribution in [0.1, 0.15) is 34.1 Å². The maximum atomic E-state index is 13.7. The molecule has 0 unspecified atom stereocenters. The topological polar surface area (TPSA) is 165 Å². The molecule has 0 atom stereocenters. The van der Waals surface area contributed by atoms with Gasteiger partial charge in [-0.2, -0.15) is 13.2 Å². The fourth-order valence-electron chi connectivity index (χ4n) is 4.85. The number of amides is 2. The van der Waals surface area contributed by atoms with Gasteiger partial charge in [-0.15, -0.1) is 9.90 Å². The fraction of sp³-hybridized carbons (Fsp3) is 0.379. The minimum atomic E-state index is -4.60. The summed E-state index contributed by atoms with van der Waals surface area (Å²) in [6, 6.07) is 8.82. The lowest BCUT2D eigenvalue weighted by Crippen LogP contribution is -2.51. The number of aromatic nitrogens is 3. The van der Waals surface area contributed by atoms with Gasteiger partial charge in [0.2, 0.25) is 21.9 Å². The van der Waals surface area contributed by atoms with Crippen molar-refractivity contribution in [1.82, 2.24) is 30.1 Å². The third-order valence-electron chi connectivity index (χ3n) is 7.23. The molecule has 0 bridgehead atoms. The normalized spacial score (nSPS) is 14.3. The van der Waals surface area contributed by atoms with Gasteiger partial charge < -0.3 is 25.3 Å². The van der Waals surface area contributed by atoms with Gasteiger partial charge in [0.25, 0.3) is 5.91 Å². The number of anilines is 3. The van der Waals surface area contributed by atoms with Gasteiger partial charge in [0.15, 0.2) is 0 Å². The number of carbonyl (C=O) groups excluding carboxylic acids is 3. The Morgan fingerprint density at radius 1 is 1.02 bits per heavy atom. The fourth-order valence-corrected chi connectivity index (χ4v) is 5.65. The molecule has 260 valence electrons. The van der Waals surface area contributed by atoms with Crippen molar-refractivity contribution in [2.45, 2.75) is 19.5 Å². The van der Waals surface area contributed by atoms with Crippen LogP contribution in [0.15, 0.2) is 53.9 Å². The van der Waals surface area contributed by atoms with Crippen molar-refractivity contribution in [2.75, 3.05) is 68.0 Å². The highest BCUT2D eigenvalue weighted by atomic mass is 35.5. The van der Waals surface area contributed by atoms with E-state index in [2.05, 4.69) is 25.6 Å². The maximum Gasteiger partial charge on any atom is 0.416 e. The summed E-state index contributed by atoms with van der Waals surface area (Å²) in [6.45, 7) is 2.22. The lowest BCUT2D eigenvalue weighted by atomic mass is 10.1. The van der Waals surface area contributed by atoms with Crippen molar-refractivity contribution < 1.29 is 36.0 Å². The molecule has 1 aliphatic rings. The van der Waals surface area contributed by atoms with E-state index in [-0.39, 0.29) is 66.8 Å². The molecule has 4 N–H and O–H groups in total. The number of aromatic amines is 1. The molecule has 2 amide bonds. The first-order chi connectivity index (χ1) is 22.5. The van der Waals surface area contributed by atoms with Crippen molar-refractivity contribution >= 4 is 56.7 Å². The molecular formula is C29H35ClF3N9O5S. The van der Waals surface area contributed by atoms with Crippen molar-refractivity contribution in [3.63, 3.8) is 0 Å². The molecule has 0 spiro atoms. The molecule has 0 aliphatic carbocycles. The molecule has 0 saturated carbocycles. The van der Waals surface area contributed by atoms with E-state index in [9.17, 15) is 36.0 Å². The van der Waals surface area contributed by atoms with E-state index in [1.54, 1.807) is 47.9 Å². The number of sulfonamides is 1. The van der Waals surface area contributed by atoms with Gasteiger partial charge in [-0.05, 0) is 36.8 Å². The number of carbonyl (C=O) groups is 3. The molecule has 4 rings (SSSR count). The van der Waals surface area contributed by atoms with E-state index < -0.39 is 39.5 Å². The summed E-state index contributed by atoms with van der Waals surface area (Å²) in [5, 5.41) is 12.2. The van der Waals surface area contributed by atoms with Crippen LogP contribution in [-0.4, -0.2) is 104 Å². The van der Waals surface area contributed by atoms with E-state index >= 15 is 0 Å². The standard InChI is InChI=1S/C29H35ClF3N9O5S/c1-5-21(34-17-24(43)35-23-11-10-18(16-20(23)30)29(31,32)33)25(27(45)42-36-28(37-42)39(2)3)40-12-14-41(15-13-40)26(44)19-8-6-7-9-22(19)38-48(4,46)47/h6-11,16,34,38H,5,12-15,17H2,1-4H3,(H,35,43)(H,36,37)/b25-21+. The number of H-pyrrole nitrogens is 1. The van der Waals surface area contributed by atoms with Crippen molar-refractivity contribution in [1.29, 1.82) is 0 Å². The summed E-state index contributed by atoms with van der Waals surface area (Å²) in [4.78, 5) is 46.0. The van der Waals surface area contributed by atoms with E-state index in [1.165, 1.54) is 12.1 Å². The molecule has 0 radical (unpaired) electrons. The van der Waals surface area contributed by atoms with Crippen molar-refractivity contribution in [2.24, 2.45) is 0 Å². The number of allylic oxidation sites excluding steroid dienone is 2. The molecule has 1 fully saturated rings. The van der Waals surface area contributed by atoms with Gasteiger partial charge in [0.05, 0.1) is 40.3 Å². The molecule has 14 nitrogen and oxygen atoms in total. The first-order valence-electron chi connectivity index (χ1n) is 14.6. The number of hydrogen-bond donors (Lipinski definition) is 4. The summed E-state index contributed by atoms with van der Waals surface area (Å²) in [5.41, 5.74) is -0.0772. The van der Waals surface area contributed by atoms with Crippen LogP contribution in [0.4, 0.5) is 30.5 Å². The average Bonchev–Trinajstić information content (AvgIpc) is 2.98. The van der Waals surface area contributed by atoms with Crippen LogP contribution in [0.25, 0.3) is 0 Å². The minimum absolute atomic E-state index is 0.0146. The largest absolute Gasteiger partial charge is 0.416 e. The molecule has 1 saturated heterocycles. The van der Waals surface area contributed by atoms with Crippen LogP contribution in [0.2, 0.25) is 5.02 Å². The summed E-state index contributed by atoms with van der Waals surface area (Å²) in [5.74, 6) is -1.10. The highest BCUT2D eigenvalue weighted by Crippen LogP contribution is 2.33. The zero-order valence-corrected chi connectivity index (χ0v) is 28.1. The van der Waals surface area contributed by atoms with Gasteiger partial charge >= 0.3 is 12.1 Å². The number of rotatable bonds is 11. The van der Waals surface area contributed by atoms with Crippen LogP contribution in [0.5, 0.6) is 0 Å². The Bertz CT molecular complexity index is 1800. The van der Waals surface area contributed by atoms with Gasteiger partial charge in [0.1, 0.15) is 5.70 Å². The predicted octanol–water partition coefficient (Wildman–Crippen LogP) is 3.27. The van der Waals surface area contributed by atoms with Crippen molar-refractivity contribution in [3.8, 4) is 0 Å². The van der Waals surface area contributed by atoms with E-state index in [0.717, 1.165) is 23.2 Å². The Morgan fingerprint density at radius 2 is 1.65 bits per heavy atom. The highest BCUT2D eigenvalue weighted by molar-refractivity contribution is 7.92. The summed E-state index contributed by atoms with van der Waals surface area (Å²) < 4.78 is 65.1. The SMILES string of the molecule is CC/C(NCC(=O)Nc1ccc(C(F)(F)F)cc1Cl)=C(/C(=O)n1nc(N(C)C)[nH]1)N1CCN(C(=O)c2ccccc2NS(C)(=O)=O)CC1. The number of nitrogens with one attached hydrogen (secondary N) is 4. The first-order valence-corrected chi connectivity index (χ1v) is 16.9. The number of para-hydroxylation sites is 1. The Morgan fingerprint density at radius 3 is 2.21 bits per heavy atom. The molecule has 3 aromatic rings. The second-order valence-corrected chi connectivity index (χ2v) is 13.2. The molecule has 2 aromatic carbocycles. The van der Waals surface area contributed by atoms with Crippen LogP contribution in [0, 0.1) is 0 Å². The molecule has 1 aliphatic heterocycles. The molecule has 48 heavy (non-hydrogen) atoms. The van der Waals surface area contributed by atoms with Crippen molar-refractivity contribution in [3.05, 3.63) is 70.0 Å². The predicted molar refractivity (Wildman–Crippen MR) is 174 cm³/mol. The Hall–Kier alpha value is -4.71. The number of piperazine rings is 1. The lowest BCUT2D eigenvalue weighted by molar-refractivity contribution is -0.137. The number of alkyl halides is 3. The van der Waals surface area contributed by atoms with Gasteiger partial charge in [-0.3, -0.25) is 19.1 Å². The smallest absolute Gasteiger partial charge is 0.378 e. The Balaban J connectivity index is 1.53. The maximum absolute atomic E-state index is 13.7. The first kappa shape index (κ1) is 36.1. The zero-order valence-electron chi connectivity index (χ0n) is 26.5. The average molecular weight is 714 g/mol. The molecule has 19 heteroatoms. The molecule has 1 aromatic heterocycles. The van der Waals surface area contributed by atoms with Gasteiger partial charge in [-0.1, -0.05) is 30.7 Å². The third kappa shape index (κ3) is 8.80. The number of hydrogen-bond acceptors (Lipinski definition) is 9. The summed E-state index contributed by atoms with van der Waals surface area (Å²) in [6.07, 6.45) is -3.33. The zero-order chi connectivity index (χ0) is 35.4. The number of benzene rings is 2. The Labute approximate surface area is 279 Å². The van der Waals surface area contributed by atoms with E-state index in [0.29, 0.717) is 17.7 Å².